The van der Waals surface area contributed by atoms with E-state index in [0.717, 1.165) is 69.0 Å². The van der Waals surface area contributed by atoms with E-state index in [9.17, 15) is 14.7 Å². The summed E-state index contributed by atoms with van der Waals surface area (Å²) < 4.78 is 11.3. The minimum Gasteiger partial charge on any atom is -0.497 e. The highest BCUT2D eigenvalue weighted by Crippen LogP contribution is 2.38. The quantitative estimate of drug-likeness (QED) is 0.421. The smallest absolute Gasteiger partial charge is 0.246 e. The number of carbonyl (C=O) groups is 2. The Hall–Kier alpha value is -3.10. The third-order valence-electron chi connectivity index (χ3n) is 9.20. The Labute approximate surface area is 244 Å². The number of piperazine rings is 1. The topological polar surface area (TPSA) is 91.3 Å². The van der Waals surface area contributed by atoms with Crippen LogP contribution >= 0.6 is 0 Å². The summed E-state index contributed by atoms with van der Waals surface area (Å²) in [6.45, 7) is 4.95. The van der Waals surface area contributed by atoms with Crippen molar-refractivity contribution in [1.82, 2.24) is 15.1 Å². The van der Waals surface area contributed by atoms with Crippen LogP contribution in [0, 0.1) is 0 Å². The van der Waals surface area contributed by atoms with E-state index in [1.165, 1.54) is 5.56 Å². The van der Waals surface area contributed by atoms with Crippen LogP contribution in [0.25, 0.3) is 0 Å². The summed E-state index contributed by atoms with van der Waals surface area (Å²) >= 11 is 0. The fraction of sp³-hybridized carbons (Fsp3) is 0.576. The molecule has 222 valence electrons. The van der Waals surface area contributed by atoms with Gasteiger partial charge in [0.05, 0.1) is 12.7 Å². The van der Waals surface area contributed by atoms with Gasteiger partial charge in [-0.05, 0) is 61.9 Å². The van der Waals surface area contributed by atoms with Crippen molar-refractivity contribution in [2.24, 2.45) is 0 Å². The summed E-state index contributed by atoms with van der Waals surface area (Å²) in [7, 11) is 1.64. The van der Waals surface area contributed by atoms with Crippen LogP contribution in [0.5, 0.6) is 17.2 Å². The summed E-state index contributed by atoms with van der Waals surface area (Å²) in [5, 5.41) is 14.2. The largest absolute Gasteiger partial charge is 0.497 e. The predicted molar refractivity (Wildman–Crippen MR) is 158 cm³/mol. The van der Waals surface area contributed by atoms with Crippen molar-refractivity contribution in [3.05, 3.63) is 54.1 Å². The maximum absolute atomic E-state index is 13.8. The third-order valence-corrected chi connectivity index (χ3v) is 9.20. The molecule has 8 heteroatoms. The summed E-state index contributed by atoms with van der Waals surface area (Å²) in [6.07, 6.45) is 7.85. The van der Waals surface area contributed by atoms with Crippen molar-refractivity contribution in [3.8, 4) is 17.2 Å². The second kappa shape index (κ2) is 12.8. The van der Waals surface area contributed by atoms with Crippen molar-refractivity contribution in [1.29, 1.82) is 0 Å². The highest BCUT2D eigenvalue weighted by atomic mass is 16.5. The van der Waals surface area contributed by atoms with E-state index in [0.29, 0.717) is 38.6 Å². The van der Waals surface area contributed by atoms with E-state index in [2.05, 4.69) is 29.3 Å². The van der Waals surface area contributed by atoms with Crippen molar-refractivity contribution < 1.29 is 24.2 Å². The second-order valence-corrected chi connectivity index (χ2v) is 12.1. The molecule has 0 radical (unpaired) electrons. The van der Waals surface area contributed by atoms with E-state index in [4.69, 9.17) is 9.47 Å². The molecular weight excluding hydrogens is 518 g/mol. The first kappa shape index (κ1) is 29.4. The number of benzene rings is 2. The van der Waals surface area contributed by atoms with Gasteiger partial charge < -0.3 is 24.8 Å². The van der Waals surface area contributed by atoms with Crippen LogP contribution in [0.1, 0.15) is 76.7 Å². The molecule has 2 aromatic carbocycles. The molecule has 3 fully saturated rings. The van der Waals surface area contributed by atoms with Crippen LogP contribution in [0.3, 0.4) is 0 Å². The standard InChI is InChI=1S/C33H45N3O5/c1-3-4-19-36-30(37)29(23-32(39)15-6-5-7-16-32)34-31(38)33(36)17-20-35(21-18-33)24-25-11-13-26(14-12-25)41-28-10-8-9-27(22-28)40-2/h8-14,22,29,39H,3-7,15-21,23-24H2,1-2H3,(H,34,38)/t29-/m1/s1. The summed E-state index contributed by atoms with van der Waals surface area (Å²) in [6, 6.07) is 15.0. The molecule has 8 nitrogen and oxygen atoms in total. The van der Waals surface area contributed by atoms with Crippen molar-refractivity contribution in [2.75, 3.05) is 26.7 Å². The maximum Gasteiger partial charge on any atom is 0.246 e. The number of ether oxygens (including phenoxy) is 2. The van der Waals surface area contributed by atoms with Crippen molar-refractivity contribution in [3.63, 3.8) is 0 Å². The molecule has 2 amide bonds. The lowest BCUT2D eigenvalue weighted by Gasteiger charge is -2.52. The van der Waals surface area contributed by atoms with Gasteiger partial charge in [-0.15, -0.1) is 0 Å². The van der Waals surface area contributed by atoms with Gasteiger partial charge in [0, 0.05) is 38.7 Å². The molecule has 1 saturated carbocycles. The van der Waals surface area contributed by atoms with Crippen LogP contribution in [0.15, 0.2) is 48.5 Å². The van der Waals surface area contributed by atoms with Gasteiger partial charge in [-0.1, -0.05) is 50.8 Å². The number of aliphatic hydroxyl groups is 1. The molecule has 2 aromatic rings. The van der Waals surface area contributed by atoms with Crippen molar-refractivity contribution in [2.45, 2.75) is 94.9 Å². The van der Waals surface area contributed by atoms with Crippen LogP contribution in [0.4, 0.5) is 0 Å². The summed E-state index contributed by atoms with van der Waals surface area (Å²) in [5.74, 6) is 2.17. The zero-order valence-electron chi connectivity index (χ0n) is 24.6. The SMILES string of the molecule is CCCCN1C(=O)[C@@H](CC2(O)CCCCC2)NC(=O)C12CCN(Cc1ccc(Oc3cccc(OC)c3)cc1)CC2. The normalized spacial score (nSPS) is 22.4. The number of carbonyl (C=O) groups excluding carboxylic acids is 2. The molecule has 2 N–H and O–H groups in total. The Balaban J connectivity index is 1.20. The zero-order chi connectivity index (χ0) is 28.9. The second-order valence-electron chi connectivity index (χ2n) is 12.1. The fourth-order valence-corrected chi connectivity index (χ4v) is 6.75. The molecular formula is C33H45N3O5. The lowest BCUT2D eigenvalue weighted by Crippen LogP contribution is -2.73. The number of hydrogen-bond donors (Lipinski definition) is 2. The Bertz CT molecular complexity index is 1190. The van der Waals surface area contributed by atoms with Gasteiger partial charge in [0.25, 0.3) is 0 Å². The zero-order valence-corrected chi connectivity index (χ0v) is 24.6. The maximum atomic E-state index is 13.8. The van der Waals surface area contributed by atoms with Crippen LogP contribution in [-0.2, 0) is 16.1 Å². The first-order valence-corrected chi connectivity index (χ1v) is 15.3. The number of likely N-dealkylation sites (tertiary alicyclic amines) is 1. The van der Waals surface area contributed by atoms with Crippen LogP contribution in [-0.4, -0.2) is 70.6 Å². The van der Waals surface area contributed by atoms with Gasteiger partial charge in [0.2, 0.25) is 11.8 Å². The molecule has 0 bridgehead atoms. The molecule has 5 rings (SSSR count). The molecule has 0 aromatic heterocycles. The van der Waals surface area contributed by atoms with E-state index < -0.39 is 17.2 Å². The number of piperidine rings is 1. The molecule has 2 heterocycles. The lowest BCUT2D eigenvalue weighted by atomic mass is 9.77. The third kappa shape index (κ3) is 6.70. The van der Waals surface area contributed by atoms with Crippen molar-refractivity contribution >= 4 is 11.8 Å². The van der Waals surface area contributed by atoms with Crippen LogP contribution < -0.4 is 14.8 Å². The van der Waals surface area contributed by atoms with Gasteiger partial charge in [-0.2, -0.15) is 0 Å². The Morgan fingerprint density at radius 2 is 1.66 bits per heavy atom. The van der Waals surface area contributed by atoms with Crippen LogP contribution in [0.2, 0.25) is 0 Å². The molecule has 2 aliphatic heterocycles. The number of unbranched alkanes of at least 4 members (excludes halogenated alkanes) is 1. The fourth-order valence-electron chi connectivity index (χ4n) is 6.75. The van der Waals surface area contributed by atoms with Gasteiger partial charge in [-0.3, -0.25) is 14.5 Å². The first-order valence-electron chi connectivity index (χ1n) is 15.3. The van der Waals surface area contributed by atoms with E-state index >= 15 is 0 Å². The molecule has 1 aliphatic carbocycles. The number of rotatable bonds is 10. The number of nitrogens with zero attached hydrogens (tertiary/aromatic N) is 2. The van der Waals surface area contributed by atoms with E-state index in [1.807, 2.05) is 41.3 Å². The number of hydrogen-bond acceptors (Lipinski definition) is 6. The van der Waals surface area contributed by atoms with Gasteiger partial charge in [0.1, 0.15) is 28.8 Å². The Morgan fingerprint density at radius 1 is 0.951 bits per heavy atom. The number of nitrogens with one attached hydrogen (secondary N) is 1. The molecule has 2 saturated heterocycles. The lowest BCUT2D eigenvalue weighted by molar-refractivity contribution is -0.163. The van der Waals surface area contributed by atoms with Gasteiger partial charge in [-0.25, -0.2) is 0 Å². The molecule has 3 aliphatic rings. The molecule has 41 heavy (non-hydrogen) atoms. The minimum absolute atomic E-state index is 0.0166. The van der Waals surface area contributed by atoms with E-state index in [-0.39, 0.29) is 11.8 Å². The van der Waals surface area contributed by atoms with Gasteiger partial charge >= 0.3 is 0 Å². The summed E-state index contributed by atoms with van der Waals surface area (Å²) in [5.41, 5.74) is -0.486. The molecule has 1 spiro atoms. The summed E-state index contributed by atoms with van der Waals surface area (Å²) in [4.78, 5) is 31.8. The first-order chi connectivity index (χ1) is 19.8. The molecule has 1 atom stereocenters. The molecule has 0 unspecified atom stereocenters. The Kier molecular flexibility index (Phi) is 9.19. The van der Waals surface area contributed by atoms with Gasteiger partial charge in [0.15, 0.2) is 0 Å². The Morgan fingerprint density at radius 3 is 2.34 bits per heavy atom. The minimum atomic E-state index is -0.856. The average Bonchev–Trinajstić information content (AvgIpc) is 2.98. The van der Waals surface area contributed by atoms with E-state index in [1.54, 1.807) is 7.11 Å². The number of amides is 2. The highest BCUT2D eigenvalue weighted by Gasteiger charge is 2.54. The highest BCUT2D eigenvalue weighted by molar-refractivity contribution is 6.00. The monoisotopic (exact) mass is 563 g/mol. The average molecular weight is 564 g/mol. The predicted octanol–water partition coefficient (Wildman–Crippen LogP) is 5.03. The number of methoxy groups -OCH3 is 1.